The molecule has 2 aromatic carbocycles. The number of hydrogen-bond acceptors (Lipinski definition) is 6. The number of hydrogen-bond donors (Lipinski definition) is 2. The summed E-state index contributed by atoms with van der Waals surface area (Å²) >= 11 is 0. The van der Waals surface area contributed by atoms with E-state index >= 15 is 0 Å². The first kappa shape index (κ1) is 15.9. The van der Waals surface area contributed by atoms with Crippen LogP contribution in [0.4, 0.5) is 22.9 Å². The number of benzene rings is 2. The van der Waals surface area contributed by atoms with Crippen molar-refractivity contribution in [1.82, 2.24) is 9.97 Å². The number of para-hydroxylation sites is 3. The Morgan fingerprint density at radius 2 is 1.37 bits per heavy atom. The zero-order valence-electron chi connectivity index (χ0n) is 15.0. The lowest BCUT2D eigenvalue weighted by atomic mass is 10.2. The summed E-state index contributed by atoms with van der Waals surface area (Å²) in [6, 6.07) is 18.8. The first-order valence-corrected chi connectivity index (χ1v) is 9.36. The molecule has 3 aromatic rings. The Kier molecular flexibility index (Phi) is 4.01. The Hall–Kier alpha value is -3.28. The Morgan fingerprint density at radius 3 is 2.07 bits per heavy atom. The Labute approximate surface area is 158 Å². The van der Waals surface area contributed by atoms with Gasteiger partial charge in [0.25, 0.3) is 0 Å². The van der Waals surface area contributed by atoms with Crippen molar-refractivity contribution in [3.8, 4) is 0 Å². The molecular formula is C21H22N6. The molecule has 6 heteroatoms. The fourth-order valence-electron chi connectivity index (χ4n) is 3.72. The van der Waals surface area contributed by atoms with Gasteiger partial charge in [0.05, 0.1) is 23.8 Å². The van der Waals surface area contributed by atoms with E-state index in [1.54, 1.807) is 0 Å². The van der Waals surface area contributed by atoms with Gasteiger partial charge in [-0.1, -0.05) is 30.3 Å². The second-order valence-corrected chi connectivity index (χ2v) is 6.88. The number of piperazine rings is 1. The minimum Gasteiger partial charge on any atom is -0.368 e. The highest BCUT2D eigenvalue weighted by atomic mass is 15.3. The average molecular weight is 358 g/mol. The monoisotopic (exact) mass is 358 g/mol. The van der Waals surface area contributed by atoms with E-state index in [9.17, 15) is 0 Å². The van der Waals surface area contributed by atoms with E-state index in [4.69, 9.17) is 4.98 Å². The molecule has 2 aliphatic rings. The van der Waals surface area contributed by atoms with Crippen LogP contribution < -0.4 is 20.4 Å². The maximum atomic E-state index is 4.88. The zero-order valence-corrected chi connectivity index (χ0v) is 15.0. The van der Waals surface area contributed by atoms with Crippen molar-refractivity contribution in [2.45, 2.75) is 6.17 Å². The average Bonchev–Trinajstić information content (AvgIpc) is 3.19. The van der Waals surface area contributed by atoms with Crippen molar-refractivity contribution in [2.24, 2.45) is 0 Å². The Bertz CT molecular complexity index is 896. The maximum Gasteiger partial charge on any atom is 0.147 e. The maximum absolute atomic E-state index is 4.88. The third kappa shape index (κ3) is 3.14. The molecule has 0 atom stereocenters. The molecule has 0 bridgehead atoms. The Balaban J connectivity index is 1.28. The molecule has 2 N–H and O–H groups in total. The number of aromatic nitrogens is 2. The number of fused-ring (bicyclic) bond motifs is 1. The topological polar surface area (TPSA) is 56.3 Å². The first-order valence-electron chi connectivity index (χ1n) is 9.36. The van der Waals surface area contributed by atoms with E-state index in [0.717, 1.165) is 49.1 Å². The SMILES string of the molecule is c1ccc(N2CCN(c3cncc(C4Nc5ccccc5N4)n3)CC2)cc1. The summed E-state index contributed by atoms with van der Waals surface area (Å²) in [5.41, 5.74) is 4.40. The molecule has 0 saturated carbocycles. The molecule has 5 rings (SSSR count). The van der Waals surface area contributed by atoms with Crippen LogP contribution in [0, 0.1) is 0 Å². The molecule has 0 amide bonds. The van der Waals surface area contributed by atoms with Crippen LogP contribution in [-0.4, -0.2) is 36.1 Å². The third-order valence-electron chi connectivity index (χ3n) is 5.19. The second-order valence-electron chi connectivity index (χ2n) is 6.88. The number of nitrogens with zero attached hydrogens (tertiary/aromatic N) is 4. The fraction of sp³-hybridized carbons (Fsp3) is 0.238. The van der Waals surface area contributed by atoms with Gasteiger partial charge in [-0.05, 0) is 24.3 Å². The Morgan fingerprint density at radius 1 is 0.741 bits per heavy atom. The summed E-state index contributed by atoms with van der Waals surface area (Å²) in [5, 5.41) is 6.94. The summed E-state index contributed by atoms with van der Waals surface area (Å²) in [6.45, 7) is 3.86. The molecule has 0 unspecified atom stereocenters. The lowest BCUT2D eigenvalue weighted by Crippen LogP contribution is -2.47. The van der Waals surface area contributed by atoms with Crippen molar-refractivity contribution >= 4 is 22.9 Å². The number of nitrogens with one attached hydrogen (secondary N) is 2. The van der Waals surface area contributed by atoms with Crippen LogP contribution in [0.25, 0.3) is 0 Å². The van der Waals surface area contributed by atoms with Crippen molar-refractivity contribution in [1.29, 1.82) is 0 Å². The van der Waals surface area contributed by atoms with Crippen molar-refractivity contribution in [3.63, 3.8) is 0 Å². The van der Waals surface area contributed by atoms with Gasteiger partial charge in [-0.25, -0.2) is 4.98 Å². The highest BCUT2D eigenvalue weighted by Gasteiger charge is 2.24. The predicted molar refractivity (Wildman–Crippen MR) is 109 cm³/mol. The van der Waals surface area contributed by atoms with Gasteiger partial charge in [-0.15, -0.1) is 0 Å². The molecule has 3 heterocycles. The van der Waals surface area contributed by atoms with Crippen LogP contribution in [0.1, 0.15) is 11.9 Å². The summed E-state index contributed by atoms with van der Waals surface area (Å²) in [6.07, 6.45) is 3.66. The highest BCUT2D eigenvalue weighted by molar-refractivity contribution is 5.74. The van der Waals surface area contributed by atoms with E-state index in [0.29, 0.717) is 0 Å². The van der Waals surface area contributed by atoms with Gasteiger partial charge < -0.3 is 20.4 Å². The summed E-state index contributed by atoms with van der Waals surface area (Å²) in [7, 11) is 0. The largest absolute Gasteiger partial charge is 0.368 e. The van der Waals surface area contributed by atoms with Crippen molar-refractivity contribution in [3.05, 3.63) is 72.7 Å². The van der Waals surface area contributed by atoms with Gasteiger partial charge in [-0.3, -0.25) is 4.98 Å². The molecule has 1 saturated heterocycles. The van der Waals surface area contributed by atoms with E-state index in [2.05, 4.69) is 67.9 Å². The normalized spacial score (nSPS) is 16.6. The molecular weight excluding hydrogens is 336 g/mol. The van der Waals surface area contributed by atoms with Gasteiger partial charge in [0.2, 0.25) is 0 Å². The van der Waals surface area contributed by atoms with E-state index in [1.807, 2.05) is 24.5 Å². The van der Waals surface area contributed by atoms with Crippen molar-refractivity contribution in [2.75, 3.05) is 46.6 Å². The summed E-state index contributed by atoms with van der Waals surface area (Å²) in [4.78, 5) is 14.1. The van der Waals surface area contributed by atoms with Crippen LogP contribution >= 0.6 is 0 Å². The van der Waals surface area contributed by atoms with Crippen molar-refractivity contribution < 1.29 is 0 Å². The van der Waals surface area contributed by atoms with Gasteiger partial charge in [0.1, 0.15) is 17.7 Å². The lowest BCUT2D eigenvalue weighted by Gasteiger charge is -2.36. The molecule has 27 heavy (non-hydrogen) atoms. The second kappa shape index (κ2) is 6.79. The van der Waals surface area contributed by atoms with Gasteiger partial charge in [0.15, 0.2) is 0 Å². The van der Waals surface area contributed by atoms with Crippen LogP contribution in [-0.2, 0) is 0 Å². The molecule has 136 valence electrons. The molecule has 1 fully saturated rings. The van der Waals surface area contributed by atoms with Crippen LogP contribution in [0.15, 0.2) is 67.0 Å². The number of anilines is 4. The van der Waals surface area contributed by atoms with Gasteiger partial charge in [-0.2, -0.15) is 0 Å². The summed E-state index contributed by atoms with van der Waals surface area (Å²) < 4.78 is 0. The standard InChI is InChI=1S/C21H22N6/c1-2-6-16(7-3-1)26-10-12-27(13-11-26)20-15-22-14-19(23-20)21-24-17-8-4-5-9-18(17)25-21/h1-9,14-15,21,24-25H,10-13H2. The molecule has 0 spiro atoms. The highest BCUT2D eigenvalue weighted by Crippen LogP contribution is 2.34. The van der Waals surface area contributed by atoms with Gasteiger partial charge in [0, 0.05) is 31.9 Å². The molecule has 1 aromatic heterocycles. The molecule has 6 nitrogen and oxygen atoms in total. The van der Waals surface area contributed by atoms with Crippen LogP contribution in [0.3, 0.4) is 0 Å². The fourth-order valence-corrected chi connectivity index (χ4v) is 3.72. The minimum atomic E-state index is -0.0412. The van der Waals surface area contributed by atoms with Gasteiger partial charge >= 0.3 is 0 Å². The third-order valence-corrected chi connectivity index (χ3v) is 5.19. The van der Waals surface area contributed by atoms with E-state index in [-0.39, 0.29) is 6.17 Å². The molecule has 0 radical (unpaired) electrons. The molecule has 0 aliphatic carbocycles. The van der Waals surface area contributed by atoms with E-state index < -0.39 is 0 Å². The van der Waals surface area contributed by atoms with Crippen LogP contribution in [0.5, 0.6) is 0 Å². The van der Waals surface area contributed by atoms with E-state index in [1.165, 1.54) is 5.69 Å². The minimum absolute atomic E-state index is 0.0412. The lowest BCUT2D eigenvalue weighted by molar-refractivity contribution is 0.644. The molecule has 2 aliphatic heterocycles. The quantitative estimate of drug-likeness (QED) is 0.749. The smallest absolute Gasteiger partial charge is 0.147 e. The summed E-state index contributed by atoms with van der Waals surface area (Å²) in [5.74, 6) is 0.944. The number of rotatable bonds is 3. The predicted octanol–water partition coefficient (Wildman–Crippen LogP) is 3.34. The first-order chi connectivity index (χ1) is 13.4. The van der Waals surface area contributed by atoms with Crippen LogP contribution in [0.2, 0.25) is 0 Å². The zero-order chi connectivity index (χ0) is 18.1.